The van der Waals surface area contributed by atoms with E-state index in [4.69, 9.17) is 10.5 Å². The summed E-state index contributed by atoms with van der Waals surface area (Å²) in [6.07, 6.45) is 2.29. The van der Waals surface area contributed by atoms with E-state index in [2.05, 4.69) is 31.2 Å². The van der Waals surface area contributed by atoms with E-state index >= 15 is 0 Å². The molecule has 0 aliphatic rings. The topological polar surface area (TPSA) is 35.2 Å². The standard InChI is InChI=1S/C18H23NO/c1-3-5-14-6-8-15(9-7-14)18(19)16-10-12-17(13-11-16)20-4-2/h6-13,18H,3-5,19H2,1-2H3. The summed E-state index contributed by atoms with van der Waals surface area (Å²) in [6, 6.07) is 16.6. The van der Waals surface area contributed by atoms with E-state index in [9.17, 15) is 0 Å². The SMILES string of the molecule is CCCc1ccc(C(N)c2ccc(OCC)cc2)cc1. The van der Waals surface area contributed by atoms with Crippen LogP contribution in [0.5, 0.6) is 5.75 Å². The van der Waals surface area contributed by atoms with Gasteiger partial charge in [-0.2, -0.15) is 0 Å². The molecular weight excluding hydrogens is 246 g/mol. The van der Waals surface area contributed by atoms with Gasteiger partial charge in [0.1, 0.15) is 5.75 Å². The van der Waals surface area contributed by atoms with E-state index in [0.717, 1.165) is 23.3 Å². The zero-order valence-electron chi connectivity index (χ0n) is 12.3. The Morgan fingerprint density at radius 1 is 0.900 bits per heavy atom. The molecule has 0 radical (unpaired) electrons. The van der Waals surface area contributed by atoms with Gasteiger partial charge in [-0.25, -0.2) is 0 Å². The molecule has 0 amide bonds. The first-order chi connectivity index (χ1) is 9.74. The molecule has 106 valence electrons. The van der Waals surface area contributed by atoms with Gasteiger partial charge in [0.05, 0.1) is 12.6 Å². The second-order valence-corrected chi connectivity index (χ2v) is 4.97. The summed E-state index contributed by atoms with van der Waals surface area (Å²) in [7, 11) is 0. The van der Waals surface area contributed by atoms with Crippen LogP contribution in [0.4, 0.5) is 0 Å². The predicted octanol–water partition coefficient (Wildman–Crippen LogP) is 4.09. The summed E-state index contributed by atoms with van der Waals surface area (Å²) < 4.78 is 5.45. The number of hydrogen-bond acceptors (Lipinski definition) is 2. The maximum Gasteiger partial charge on any atom is 0.119 e. The average Bonchev–Trinajstić information content (AvgIpc) is 2.49. The third-order valence-corrected chi connectivity index (χ3v) is 3.43. The molecule has 2 nitrogen and oxygen atoms in total. The van der Waals surface area contributed by atoms with E-state index in [0.29, 0.717) is 6.61 Å². The molecule has 1 unspecified atom stereocenters. The quantitative estimate of drug-likeness (QED) is 0.857. The van der Waals surface area contributed by atoms with Crippen LogP contribution in [0.3, 0.4) is 0 Å². The second-order valence-electron chi connectivity index (χ2n) is 4.97. The van der Waals surface area contributed by atoms with Crippen molar-refractivity contribution in [1.29, 1.82) is 0 Å². The first kappa shape index (κ1) is 14.6. The molecule has 2 heteroatoms. The fourth-order valence-electron chi connectivity index (χ4n) is 2.31. The summed E-state index contributed by atoms with van der Waals surface area (Å²) in [5.74, 6) is 0.891. The van der Waals surface area contributed by atoms with E-state index < -0.39 is 0 Å². The van der Waals surface area contributed by atoms with Gasteiger partial charge < -0.3 is 10.5 Å². The van der Waals surface area contributed by atoms with E-state index in [1.54, 1.807) is 0 Å². The third-order valence-electron chi connectivity index (χ3n) is 3.43. The summed E-state index contributed by atoms with van der Waals surface area (Å²) in [4.78, 5) is 0. The van der Waals surface area contributed by atoms with E-state index in [-0.39, 0.29) is 6.04 Å². The zero-order valence-corrected chi connectivity index (χ0v) is 12.3. The molecule has 2 N–H and O–H groups in total. The number of rotatable bonds is 6. The minimum absolute atomic E-state index is 0.0821. The number of hydrogen-bond donors (Lipinski definition) is 1. The minimum Gasteiger partial charge on any atom is -0.494 e. The number of benzene rings is 2. The Hall–Kier alpha value is -1.80. The minimum atomic E-state index is -0.0821. The molecule has 0 fully saturated rings. The van der Waals surface area contributed by atoms with Gasteiger partial charge in [-0.1, -0.05) is 49.7 Å². The van der Waals surface area contributed by atoms with Gasteiger partial charge in [-0.15, -0.1) is 0 Å². The average molecular weight is 269 g/mol. The number of aryl methyl sites for hydroxylation is 1. The number of ether oxygens (including phenoxy) is 1. The molecule has 20 heavy (non-hydrogen) atoms. The molecule has 0 saturated carbocycles. The van der Waals surface area contributed by atoms with Gasteiger partial charge in [0.15, 0.2) is 0 Å². The van der Waals surface area contributed by atoms with Crippen LogP contribution in [0.15, 0.2) is 48.5 Å². The molecule has 0 aliphatic heterocycles. The van der Waals surface area contributed by atoms with Crippen LogP contribution in [0, 0.1) is 0 Å². The Morgan fingerprint density at radius 3 is 1.95 bits per heavy atom. The predicted molar refractivity (Wildman–Crippen MR) is 84.1 cm³/mol. The first-order valence-corrected chi connectivity index (χ1v) is 7.31. The summed E-state index contributed by atoms with van der Waals surface area (Å²) in [5.41, 5.74) is 9.95. The molecular formula is C18H23NO. The van der Waals surface area contributed by atoms with E-state index in [1.807, 2.05) is 31.2 Å². The fraction of sp³-hybridized carbons (Fsp3) is 0.333. The van der Waals surface area contributed by atoms with Crippen molar-refractivity contribution in [3.05, 3.63) is 65.2 Å². The Kier molecular flexibility index (Phi) is 5.19. The lowest BCUT2D eigenvalue weighted by atomic mass is 9.98. The van der Waals surface area contributed by atoms with Gasteiger partial charge in [0.2, 0.25) is 0 Å². The molecule has 2 aromatic carbocycles. The summed E-state index contributed by atoms with van der Waals surface area (Å²) in [6.45, 7) is 4.86. The van der Waals surface area contributed by atoms with Gasteiger partial charge in [-0.05, 0) is 42.2 Å². The lowest BCUT2D eigenvalue weighted by molar-refractivity contribution is 0.340. The lowest BCUT2D eigenvalue weighted by Gasteiger charge is -2.14. The highest BCUT2D eigenvalue weighted by atomic mass is 16.5. The highest BCUT2D eigenvalue weighted by Crippen LogP contribution is 2.22. The van der Waals surface area contributed by atoms with Crippen molar-refractivity contribution in [3.8, 4) is 5.75 Å². The normalized spacial score (nSPS) is 12.2. The molecule has 0 saturated heterocycles. The fourth-order valence-corrected chi connectivity index (χ4v) is 2.31. The molecule has 0 heterocycles. The van der Waals surface area contributed by atoms with Crippen molar-refractivity contribution in [3.63, 3.8) is 0 Å². The Balaban J connectivity index is 2.11. The van der Waals surface area contributed by atoms with Crippen LogP contribution in [0.25, 0.3) is 0 Å². The molecule has 1 atom stereocenters. The molecule has 2 aromatic rings. The van der Waals surface area contributed by atoms with Crippen LogP contribution in [-0.2, 0) is 6.42 Å². The second kappa shape index (κ2) is 7.11. The zero-order chi connectivity index (χ0) is 14.4. The van der Waals surface area contributed by atoms with E-state index in [1.165, 1.54) is 12.0 Å². The van der Waals surface area contributed by atoms with Crippen molar-refractivity contribution in [1.82, 2.24) is 0 Å². The highest BCUT2D eigenvalue weighted by Gasteiger charge is 2.08. The number of nitrogens with two attached hydrogens (primary N) is 1. The molecule has 0 aromatic heterocycles. The maximum absolute atomic E-state index is 6.32. The van der Waals surface area contributed by atoms with Crippen LogP contribution >= 0.6 is 0 Å². The first-order valence-electron chi connectivity index (χ1n) is 7.31. The largest absolute Gasteiger partial charge is 0.494 e. The molecule has 2 rings (SSSR count). The van der Waals surface area contributed by atoms with Crippen LogP contribution in [0.1, 0.15) is 43.0 Å². The van der Waals surface area contributed by atoms with Crippen molar-refractivity contribution in [2.24, 2.45) is 5.73 Å². The molecule has 0 bridgehead atoms. The van der Waals surface area contributed by atoms with Crippen molar-refractivity contribution in [2.45, 2.75) is 32.7 Å². The van der Waals surface area contributed by atoms with Gasteiger partial charge in [0.25, 0.3) is 0 Å². The lowest BCUT2D eigenvalue weighted by Crippen LogP contribution is -2.11. The van der Waals surface area contributed by atoms with Crippen molar-refractivity contribution >= 4 is 0 Å². The monoisotopic (exact) mass is 269 g/mol. The smallest absolute Gasteiger partial charge is 0.119 e. The Labute approximate surface area is 121 Å². The van der Waals surface area contributed by atoms with Crippen molar-refractivity contribution < 1.29 is 4.74 Å². The van der Waals surface area contributed by atoms with Gasteiger partial charge in [-0.3, -0.25) is 0 Å². The third kappa shape index (κ3) is 3.61. The van der Waals surface area contributed by atoms with Crippen LogP contribution < -0.4 is 10.5 Å². The molecule has 0 spiro atoms. The Bertz CT molecular complexity index is 467. The van der Waals surface area contributed by atoms with Gasteiger partial charge in [0, 0.05) is 0 Å². The van der Waals surface area contributed by atoms with Crippen LogP contribution in [0.2, 0.25) is 0 Å². The molecule has 0 aliphatic carbocycles. The highest BCUT2D eigenvalue weighted by molar-refractivity contribution is 5.36. The van der Waals surface area contributed by atoms with Crippen LogP contribution in [-0.4, -0.2) is 6.61 Å². The summed E-state index contributed by atoms with van der Waals surface area (Å²) in [5, 5.41) is 0. The van der Waals surface area contributed by atoms with Gasteiger partial charge >= 0.3 is 0 Å². The summed E-state index contributed by atoms with van der Waals surface area (Å²) >= 11 is 0. The maximum atomic E-state index is 6.32. The van der Waals surface area contributed by atoms with Crippen molar-refractivity contribution in [2.75, 3.05) is 6.61 Å². The Morgan fingerprint density at radius 2 is 1.45 bits per heavy atom.